The lowest BCUT2D eigenvalue weighted by Crippen LogP contribution is -2.14. The summed E-state index contributed by atoms with van der Waals surface area (Å²) in [6.45, 7) is 6.22. The van der Waals surface area contributed by atoms with Crippen LogP contribution in [0, 0.1) is 0 Å². The first-order chi connectivity index (χ1) is 14.7. The number of pyridine rings is 1. The maximum atomic E-state index is 12.9. The van der Waals surface area contributed by atoms with Gasteiger partial charge >= 0.3 is 0 Å². The molecular weight excluding hydrogens is 412 g/mol. The van der Waals surface area contributed by atoms with E-state index in [1.54, 1.807) is 30.0 Å². The minimum absolute atomic E-state index is 0.161. The van der Waals surface area contributed by atoms with Gasteiger partial charge in [-0.15, -0.1) is 5.10 Å². The summed E-state index contributed by atoms with van der Waals surface area (Å²) in [5.41, 5.74) is 1.89. The van der Waals surface area contributed by atoms with E-state index >= 15 is 0 Å². The number of hydrogen-bond acceptors (Lipinski definition) is 5. The molecule has 0 aliphatic carbocycles. The second-order valence-electron chi connectivity index (χ2n) is 8.17. The van der Waals surface area contributed by atoms with Gasteiger partial charge in [-0.05, 0) is 36.4 Å². The summed E-state index contributed by atoms with van der Waals surface area (Å²) in [6.07, 6.45) is 0. The number of rotatable bonds is 5. The van der Waals surface area contributed by atoms with Crippen molar-refractivity contribution in [2.45, 2.75) is 31.1 Å². The standard InChI is InChI=1S/C23H24N4O3S/c1-23(2,3)20-15-14-17-21(26-31(28,29)16-10-6-5-7-11-16)25-27(22(17)24-20)18-12-8-9-13-19(18)30-4/h5-15H,1-4H3,(H,25,26). The van der Waals surface area contributed by atoms with Gasteiger partial charge in [0.1, 0.15) is 11.4 Å². The van der Waals surface area contributed by atoms with Gasteiger partial charge in [-0.1, -0.05) is 51.1 Å². The largest absolute Gasteiger partial charge is 0.494 e. The van der Waals surface area contributed by atoms with Crippen molar-refractivity contribution in [3.05, 3.63) is 72.4 Å². The van der Waals surface area contributed by atoms with Crippen LogP contribution in [0.4, 0.5) is 5.82 Å². The van der Waals surface area contributed by atoms with Crippen LogP contribution in [0.15, 0.2) is 71.6 Å². The van der Waals surface area contributed by atoms with Crippen LogP contribution in [0.1, 0.15) is 26.5 Å². The molecule has 160 valence electrons. The van der Waals surface area contributed by atoms with Gasteiger partial charge in [0.15, 0.2) is 11.5 Å². The highest BCUT2D eigenvalue weighted by molar-refractivity contribution is 7.92. The number of para-hydroxylation sites is 2. The molecule has 0 fully saturated rings. The summed E-state index contributed by atoms with van der Waals surface area (Å²) in [4.78, 5) is 4.99. The molecular formula is C23H24N4O3S. The van der Waals surface area contributed by atoms with Gasteiger partial charge in [-0.2, -0.15) is 0 Å². The van der Waals surface area contributed by atoms with Crippen molar-refractivity contribution >= 4 is 26.9 Å². The molecule has 0 radical (unpaired) electrons. The molecule has 4 aromatic rings. The molecule has 0 saturated carbocycles. The number of nitrogens with zero attached hydrogens (tertiary/aromatic N) is 3. The van der Waals surface area contributed by atoms with Gasteiger partial charge in [0.25, 0.3) is 10.0 Å². The summed E-state index contributed by atoms with van der Waals surface area (Å²) in [6, 6.07) is 19.4. The van der Waals surface area contributed by atoms with Crippen LogP contribution < -0.4 is 9.46 Å². The lowest BCUT2D eigenvalue weighted by Gasteiger charge is -2.17. The Labute approximate surface area is 181 Å². The van der Waals surface area contributed by atoms with Crippen molar-refractivity contribution in [1.82, 2.24) is 14.8 Å². The van der Waals surface area contributed by atoms with E-state index in [-0.39, 0.29) is 16.1 Å². The lowest BCUT2D eigenvalue weighted by atomic mass is 9.91. The number of hydrogen-bond donors (Lipinski definition) is 1. The molecule has 2 aromatic heterocycles. The van der Waals surface area contributed by atoms with Crippen LogP contribution in [0.25, 0.3) is 16.7 Å². The first-order valence-electron chi connectivity index (χ1n) is 9.82. The molecule has 1 N–H and O–H groups in total. The average molecular weight is 437 g/mol. The number of ether oxygens (including phenoxy) is 1. The molecule has 0 atom stereocenters. The van der Waals surface area contributed by atoms with Gasteiger partial charge < -0.3 is 4.74 Å². The highest BCUT2D eigenvalue weighted by Crippen LogP contribution is 2.32. The maximum absolute atomic E-state index is 12.9. The van der Waals surface area contributed by atoms with Crippen LogP contribution >= 0.6 is 0 Å². The van der Waals surface area contributed by atoms with Crippen molar-refractivity contribution in [1.29, 1.82) is 0 Å². The van der Waals surface area contributed by atoms with E-state index in [4.69, 9.17) is 9.72 Å². The summed E-state index contributed by atoms with van der Waals surface area (Å²) in [5, 5.41) is 5.18. The number of benzene rings is 2. The number of sulfonamides is 1. The minimum atomic E-state index is -3.81. The van der Waals surface area contributed by atoms with Crippen LogP contribution in [0.5, 0.6) is 5.75 Å². The summed E-state index contributed by atoms with van der Waals surface area (Å²) in [5.74, 6) is 0.810. The second kappa shape index (κ2) is 7.70. The Morgan fingerprint density at radius 1 is 0.935 bits per heavy atom. The fraction of sp³-hybridized carbons (Fsp3) is 0.217. The Morgan fingerprint density at radius 2 is 1.61 bits per heavy atom. The van der Waals surface area contributed by atoms with Gasteiger partial charge in [0.2, 0.25) is 0 Å². The lowest BCUT2D eigenvalue weighted by molar-refractivity contribution is 0.412. The molecule has 0 aliphatic heterocycles. The zero-order valence-electron chi connectivity index (χ0n) is 17.8. The van der Waals surface area contributed by atoms with E-state index in [0.29, 0.717) is 22.5 Å². The highest BCUT2D eigenvalue weighted by atomic mass is 32.2. The summed E-state index contributed by atoms with van der Waals surface area (Å²) in [7, 11) is -2.23. The monoisotopic (exact) mass is 436 g/mol. The number of anilines is 1. The van der Waals surface area contributed by atoms with Gasteiger partial charge in [-0.3, -0.25) is 4.72 Å². The third-order valence-electron chi connectivity index (χ3n) is 4.90. The Hall–Kier alpha value is -3.39. The molecule has 2 aromatic carbocycles. The number of nitrogens with one attached hydrogen (secondary N) is 1. The molecule has 0 aliphatic rings. The number of methoxy groups -OCH3 is 1. The fourth-order valence-electron chi connectivity index (χ4n) is 3.25. The molecule has 0 amide bonds. The topological polar surface area (TPSA) is 86.1 Å². The van der Waals surface area contributed by atoms with E-state index in [0.717, 1.165) is 5.69 Å². The van der Waals surface area contributed by atoms with Gasteiger partial charge in [0, 0.05) is 11.1 Å². The molecule has 2 heterocycles. The summed E-state index contributed by atoms with van der Waals surface area (Å²) < 4.78 is 35.6. The Kier molecular flexibility index (Phi) is 5.18. The van der Waals surface area contributed by atoms with E-state index in [1.165, 1.54) is 12.1 Å². The molecule has 0 unspecified atom stereocenters. The van der Waals surface area contributed by atoms with Gasteiger partial charge in [-0.25, -0.2) is 18.1 Å². The molecule has 0 spiro atoms. The molecule has 0 bridgehead atoms. The normalized spacial score (nSPS) is 12.1. The predicted octanol–water partition coefficient (Wildman–Crippen LogP) is 4.53. The van der Waals surface area contributed by atoms with Crippen molar-refractivity contribution in [3.8, 4) is 11.4 Å². The van der Waals surface area contributed by atoms with Crippen molar-refractivity contribution in [2.75, 3.05) is 11.8 Å². The smallest absolute Gasteiger partial charge is 0.263 e. The van der Waals surface area contributed by atoms with Gasteiger partial charge in [0.05, 0.1) is 17.4 Å². The molecule has 31 heavy (non-hydrogen) atoms. The molecule has 8 heteroatoms. The molecule has 0 saturated heterocycles. The third-order valence-corrected chi connectivity index (χ3v) is 6.25. The SMILES string of the molecule is COc1ccccc1-n1nc(NS(=O)(=O)c2ccccc2)c2ccc(C(C)(C)C)nc21. The molecule has 7 nitrogen and oxygen atoms in total. The summed E-state index contributed by atoms with van der Waals surface area (Å²) >= 11 is 0. The van der Waals surface area contributed by atoms with E-state index in [9.17, 15) is 8.42 Å². The van der Waals surface area contributed by atoms with E-state index in [2.05, 4.69) is 30.6 Å². The third kappa shape index (κ3) is 3.98. The zero-order chi connectivity index (χ0) is 22.2. The van der Waals surface area contributed by atoms with Crippen LogP contribution in [-0.4, -0.2) is 30.3 Å². The van der Waals surface area contributed by atoms with E-state index < -0.39 is 10.0 Å². The number of aromatic nitrogens is 3. The number of fused-ring (bicyclic) bond motifs is 1. The van der Waals surface area contributed by atoms with E-state index in [1.807, 2.05) is 36.4 Å². The first kappa shape index (κ1) is 20.9. The Bertz CT molecular complexity index is 1340. The van der Waals surface area contributed by atoms with Crippen molar-refractivity contribution in [2.24, 2.45) is 0 Å². The quantitative estimate of drug-likeness (QED) is 0.497. The fourth-order valence-corrected chi connectivity index (χ4v) is 4.29. The maximum Gasteiger partial charge on any atom is 0.263 e. The minimum Gasteiger partial charge on any atom is -0.494 e. The zero-order valence-corrected chi connectivity index (χ0v) is 18.6. The predicted molar refractivity (Wildman–Crippen MR) is 121 cm³/mol. The Morgan fingerprint density at radius 3 is 2.29 bits per heavy atom. The highest BCUT2D eigenvalue weighted by Gasteiger charge is 2.23. The van der Waals surface area contributed by atoms with Crippen molar-refractivity contribution in [3.63, 3.8) is 0 Å². The first-order valence-corrected chi connectivity index (χ1v) is 11.3. The average Bonchev–Trinajstić information content (AvgIpc) is 3.10. The van der Waals surface area contributed by atoms with Crippen LogP contribution in [-0.2, 0) is 15.4 Å². The van der Waals surface area contributed by atoms with Crippen LogP contribution in [0.2, 0.25) is 0 Å². The van der Waals surface area contributed by atoms with Crippen molar-refractivity contribution < 1.29 is 13.2 Å². The Balaban J connectivity index is 1.93. The molecule has 4 rings (SSSR count). The van der Waals surface area contributed by atoms with Crippen LogP contribution in [0.3, 0.4) is 0 Å². The second-order valence-corrected chi connectivity index (χ2v) is 9.85.